The van der Waals surface area contributed by atoms with E-state index < -0.39 is 15.9 Å². The molecule has 2 aromatic heterocycles. The highest BCUT2D eigenvalue weighted by atomic mass is 32.2. The minimum Gasteiger partial charge on any atom is -0.321 e. The molecule has 10 heteroatoms. The summed E-state index contributed by atoms with van der Waals surface area (Å²) in [5.41, 5.74) is 2.20. The van der Waals surface area contributed by atoms with E-state index in [9.17, 15) is 13.2 Å². The molecule has 1 amide bonds. The Labute approximate surface area is 156 Å². The van der Waals surface area contributed by atoms with Gasteiger partial charge in [0.05, 0.1) is 29.6 Å². The monoisotopic (exact) mass is 389 g/mol. The molecular formula is C17H19N5O4S. The van der Waals surface area contributed by atoms with Gasteiger partial charge in [0.15, 0.2) is 5.65 Å². The lowest BCUT2D eigenvalue weighted by Crippen LogP contribution is -2.26. The van der Waals surface area contributed by atoms with Crippen LogP contribution in [-0.2, 0) is 21.9 Å². The molecule has 9 nitrogen and oxygen atoms in total. The van der Waals surface area contributed by atoms with E-state index in [2.05, 4.69) is 15.4 Å². The van der Waals surface area contributed by atoms with Gasteiger partial charge in [-0.15, -0.1) is 0 Å². The van der Waals surface area contributed by atoms with Crippen LogP contribution < -0.4 is 5.32 Å². The van der Waals surface area contributed by atoms with E-state index in [1.807, 2.05) is 6.92 Å². The van der Waals surface area contributed by atoms with Crippen LogP contribution in [0.5, 0.6) is 0 Å². The predicted octanol–water partition coefficient (Wildman–Crippen LogP) is 1.71. The first-order valence-electron chi connectivity index (χ1n) is 7.98. The molecule has 0 aliphatic heterocycles. The van der Waals surface area contributed by atoms with Crippen LogP contribution in [0.2, 0.25) is 0 Å². The second kappa shape index (κ2) is 7.06. The molecule has 1 aromatic carbocycles. The van der Waals surface area contributed by atoms with Gasteiger partial charge in [-0.2, -0.15) is 5.10 Å². The van der Waals surface area contributed by atoms with Gasteiger partial charge in [-0.3, -0.25) is 14.3 Å². The third-order valence-corrected chi connectivity index (χ3v) is 5.79. The Balaban J connectivity index is 1.89. The van der Waals surface area contributed by atoms with E-state index in [0.717, 1.165) is 15.5 Å². The second-order valence-electron chi connectivity index (χ2n) is 5.88. The number of rotatable bonds is 5. The highest BCUT2D eigenvalue weighted by Crippen LogP contribution is 2.21. The molecule has 0 saturated carbocycles. The fourth-order valence-electron chi connectivity index (χ4n) is 2.62. The molecule has 0 fully saturated rings. The standard InChI is InChI=1S/C17H19N5O4S/c1-11-15-9-13(10-18-16(15)21(2)20-11)19-17(23)12-6-5-7-14(8-12)27(24,25)22(3)26-4/h5-10H,1-4H3,(H,19,23). The maximum atomic E-state index is 12.6. The van der Waals surface area contributed by atoms with Gasteiger partial charge >= 0.3 is 0 Å². The molecule has 0 aliphatic rings. The first kappa shape index (κ1) is 19.0. The summed E-state index contributed by atoms with van der Waals surface area (Å²) in [4.78, 5) is 21.6. The van der Waals surface area contributed by atoms with Crippen molar-refractivity contribution >= 4 is 32.7 Å². The van der Waals surface area contributed by atoms with Crippen LogP contribution in [-0.4, -0.2) is 47.7 Å². The first-order valence-corrected chi connectivity index (χ1v) is 9.42. The number of hydrogen-bond donors (Lipinski definition) is 1. The number of carbonyl (C=O) groups is 1. The molecule has 2 heterocycles. The van der Waals surface area contributed by atoms with E-state index in [4.69, 9.17) is 4.84 Å². The summed E-state index contributed by atoms with van der Waals surface area (Å²) in [7, 11) is 0.478. The van der Waals surface area contributed by atoms with E-state index in [1.165, 1.54) is 44.6 Å². The SMILES string of the molecule is CON(C)S(=O)(=O)c1cccc(C(=O)Nc2cnc3c(c2)c(C)nn3C)c1. The van der Waals surface area contributed by atoms with Crippen LogP contribution in [0, 0.1) is 6.92 Å². The molecule has 0 aliphatic carbocycles. The number of benzene rings is 1. The van der Waals surface area contributed by atoms with Gasteiger partial charge in [0.2, 0.25) is 0 Å². The Morgan fingerprint density at radius 1 is 1.30 bits per heavy atom. The van der Waals surface area contributed by atoms with Gasteiger partial charge in [-0.25, -0.2) is 13.4 Å². The molecule has 142 valence electrons. The topological polar surface area (TPSA) is 106 Å². The van der Waals surface area contributed by atoms with E-state index >= 15 is 0 Å². The molecule has 0 radical (unpaired) electrons. The zero-order valence-corrected chi connectivity index (χ0v) is 16.1. The number of hydroxylamine groups is 1. The lowest BCUT2D eigenvalue weighted by atomic mass is 10.2. The summed E-state index contributed by atoms with van der Waals surface area (Å²) in [5, 5.41) is 7.85. The summed E-state index contributed by atoms with van der Waals surface area (Å²) in [6.07, 6.45) is 1.53. The number of anilines is 1. The molecule has 1 N–H and O–H groups in total. The second-order valence-corrected chi connectivity index (χ2v) is 7.82. The highest BCUT2D eigenvalue weighted by Gasteiger charge is 2.22. The third-order valence-electron chi connectivity index (χ3n) is 4.11. The van der Waals surface area contributed by atoms with Gasteiger partial charge in [-0.1, -0.05) is 10.5 Å². The molecular weight excluding hydrogens is 370 g/mol. The summed E-state index contributed by atoms with van der Waals surface area (Å²) in [5.74, 6) is -0.449. The van der Waals surface area contributed by atoms with Crippen LogP contribution in [0.25, 0.3) is 11.0 Å². The van der Waals surface area contributed by atoms with Gasteiger partial charge < -0.3 is 5.32 Å². The number of pyridine rings is 1. The minimum absolute atomic E-state index is 0.0452. The number of aromatic nitrogens is 3. The van der Waals surface area contributed by atoms with Crippen LogP contribution in [0.15, 0.2) is 41.4 Å². The molecule has 0 saturated heterocycles. The normalized spacial score (nSPS) is 11.9. The van der Waals surface area contributed by atoms with Crippen molar-refractivity contribution in [2.75, 3.05) is 19.5 Å². The smallest absolute Gasteiger partial charge is 0.264 e. The lowest BCUT2D eigenvalue weighted by Gasteiger charge is -2.14. The van der Waals surface area contributed by atoms with Crippen LogP contribution in [0.4, 0.5) is 5.69 Å². The fourth-order valence-corrected chi connectivity index (χ4v) is 3.64. The third kappa shape index (κ3) is 3.54. The van der Waals surface area contributed by atoms with Gasteiger partial charge in [-0.05, 0) is 31.2 Å². The van der Waals surface area contributed by atoms with Gasteiger partial charge in [0, 0.05) is 25.0 Å². The van der Waals surface area contributed by atoms with Gasteiger partial charge in [0.25, 0.3) is 15.9 Å². The maximum absolute atomic E-state index is 12.6. The highest BCUT2D eigenvalue weighted by molar-refractivity contribution is 7.89. The van der Waals surface area contributed by atoms with E-state index in [1.54, 1.807) is 17.8 Å². The van der Waals surface area contributed by atoms with Crippen LogP contribution in [0.1, 0.15) is 16.1 Å². The molecule has 0 unspecified atom stereocenters. The van der Waals surface area contributed by atoms with Crippen molar-refractivity contribution in [3.05, 3.63) is 47.8 Å². The summed E-state index contributed by atoms with van der Waals surface area (Å²) < 4.78 is 27.1. The summed E-state index contributed by atoms with van der Waals surface area (Å²) >= 11 is 0. The van der Waals surface area contributed by atoms with E-state index in [0.29, 0.717) is 11.3 Å². The van der Waals surface area contributed by atoms with E-state index in [-0.39, 0.29) is 10.5 Å². The Kier molecular flexibility index (Phi) is 4.96. The zero-order valence-electron chi connectivity index (χ0n) is 15.3. The first-order chi connectivity index (χ1) is 12.7. The Bertz CT molecular complexity index is 1120. The molecule has 0 spiro atoms. The number of carbonyl (C=O) groups excluding carboxylic acids is 1. The fraction of sp³-hybridized carbons (Fsp3) is 0.235. The Morgan fingerprint density at radius 3 is 2.74 bits per heavy atom. The van der Waals surface area contributed by atoms with Crippen molar-refractivity contribution in [2.45, 2.75) is 11.8 Å². The Hall–Kier alpha value is -2.82. The molecule has 0 bridgehead atoms. The molecule has 0 atom stereocenters. The van der Waals surface area contributed by atoms with Gasteiger partial charge in [0.1, 0.15) is 0 Å². The summed E-state index contributed by atoms with van der Waals surface area (Å²) in [6, 6.07) is 7.50. The number of amides is 1. The van der Waals surface area contributed by atoms with Crippen LogP contribution >= 0.6 is 0 Å². The Morgan fingerprint density at radius 2 is 2.04 bits per heavy atom. The number of nitrogens with one attached hydrogen (secondary N) is 1. The predicted molar refractivity (Wildman–Crippen MR) is 99.6 cm³/mol. The van der Waals surface area contributed by atoms with Crippen molar-refractivity contribution in [3.8, 4) is 0 Å². The maximum Gasteiger partial charge on any atom is 0.264 e. The van der Waals surface area contributed by atoms with Crippen molar-refractivity contribution in [2.24, 2.45) is 7.05 Å². The largest absolute Gasteiger partial charge is 0.321 e. The quantitative estimate of drug-likeness (QED) is 0.666. The average Bonchev–Trinajstić information content (AvgIpc) is 2.94. The lowest BCUT2D eigenvalue weighted by molar-refractivity contribution is -0.0258. The average molecular weight is 389 g/mol. The number of hydrogen-bond acceptors (Lipinski definition) is 6. The summed E-state index contributed by atoms with van der Waals surface area (Å²) in [6.45, 7) is 1.86. The minimum atomic E-state index is -3.84. The number of aryl methyl sites for hydroxylation is 2. The van der Waals surface area contributed by atoms with Crippen molar-refractivity contribution in [3.63, 3.8) is 0 Å². The molecule has 3 rings (SSSR count). The van der Waals surface area contributed by atoms with Crippen LogP contribution in [0.3, 0.4) is 0 Å². The zero-order chi connectivity index (χ0) is 19.8. The van der Waals surface area contributed by atoms with Crippen molar-refractivity contribution in [1.82, 2.24) is 19.2 Å². The number of sulfonamides is 1. The van der Waals surface area contributed by atoms with Crippen molar-refractivity contribution in [1.29, 1.82) is 0 Å². The number of fused-ring (bicyclic) bond motifs is 1. The molecule has 3 aromatic rings. The number of nitrogens with zero attached hydrogens (tertiary/aromatic N) is 4. The molecule has 27 heavy (non-hydrogen) atoms. The van der Waals surface area contributed by atoms with Crippen molar-refractivity contribution < 1.29 is 18.0 Å².